The van der Waals surface area contributed by atoms with Gasteiger partial charge in [0.2, 0.25) is 0 Å². The van der Waals surface area contributed by atoms with E-state index in [4.69, 9.17) is 15.9 Å². The van der Waals surface area contributed by atoms with Gasteiger partial charge in [-0.25, -0.2) is 4.39 Å². The number of carboxylic acid groups (broad SMARTS) is 1. The molecule has 0 fully saturated rings. The maximum absolute atomic E-state index is 12.8. The lowest BCUT2D eigenvalue weighted by Gasteiger charge is -2.09. The molecule has 0 bridgehead atoms. The average Bonchev–Trinajstić information content (AvgIpc) is 2.08. The van der Waals surface area contributed by atoms with Crippen LogP contribution in [0.25, 0.3) is 0 Å². The van der Waals surface area contributed by atoms with Crippen LogP contribution in [0.5, 0.6) is 5.75 Å². The largest absolute Gasteiger partial charge is 0.505 e. The fourth-order valence-corrected chi connectivity index (χ4v) is 1.06. The predicted octanol–water partition coefficient (Wildman–Crippen LogP) is 1.01. The summed E-state index contributed by atoms with van der Waals surface area (Å²) in [5.74, 6) is -2.33. The van der Waals surface area contributed by atoms with Crippen molar-refractivity contribution in [2.45, 2.75) is 12.5 Å². The molecular formula is C9H10FNO3. The van der Waals surface area contributed by atoms with Crippen molar-refractivity contribution in [1.82, 2.24) is 0 Å². The molecule has 0 spiro atoms. The molecule has 1 atom stereocenters. The molecule has 1 aromatic carbocycles. The molecule has 0 aliphatic carbocycles. The first-order valence-electron chi connectivity index (χ1n) is 3.96. The summed E-state index contributed by atoms with van der Waals surface area (Å²) in [7, 11) is 0. The third kappa shape index (κ3) is 2.43. The summed E-state index contributed by atoms with van der Waals surface area (Å²) in [6, 6.07) is 2.81. The van der Waals surface area contributed by atoms with Crippen LogP contribution >= 0.6 is 0 Å². The Kier molecular flexibility index (Phi) is 3.03. The summed E-state index contributed by atoms with van der Waals surface area (Å²) >= 11 is 0. The third-order valence-electron chi connectivity index (χ3n) is 1.79. The van der Waals surface area contributed by atoms with Crippen LogP contribution in [0.3, 0.4) is 0 Å². The molecule has 0 saturated heterocycles. The van der Waals surface area contributed by atoms with Crippen molar-refractivity contribution < 1.29 is 19.4 Å². The lowest BCUT2D eigenvalue weighted by atomic mass is 10.0. The smallest absolute Gasteiger partial charge is 0.305 e. The molecule has 1 rings (SSSR count). The summed E-state index contributed by atoms with van der Waals surface area (Å²) < 4.78 is 12.8. The van der Waals surface area contributed by atoms with Crippen LogP contribution < -0.4 is 5.73 Å². The standard InChI is InChI=1S/C9H10FNO3/c10-6-3-5(1-2-8(6)12)7(11)4-9(13)14/h1-3,7,12H,4,11H2,(H,13,14)/t7-/m0/s1. The van der Waals surface area contributed by atoms with Gasteiger partial charge in [-0.2, -0.15) is 0 Å². The third-order valence-corrected chi connectivity index (χ3v) is 1.79. The SMILES string of the molecule is N[C@@H](CC(=O)O)c1ccc(O)c(F)c1. The second-order valence-corrected chi connectivity index (χ2v) is 2.92. The molecular weight excluding hydrogens is 189 g/mol. The molecule has 0 aromatic heterocycles. The molecule has 76 valence electrons. The first-order valence-corrected chi connectivity index (χ1v) is 3.96. The van der Waals surface area contributed by atoms with Crippen LogP contribution in [0.1, 0.15) is 18.0 Å². The van der Waals surface area contributed by atoms with E-state index in [-0.39, 0.29) is 6.42 Å². The minimum atomic E-state index is -1.05. The van der Waals surface area contributed by atoms with Gasteiger partial charge in [-0.3, -0.25) is 4.79 Å². The van der Waals surface area contributed by atoms with E-state index in [1.54, 1.807) is 0 Å². The predicted molar refractivity (Wildman–Crippen MR) is 47.2 cm³/mol. The number of halogens is 1. The molecule has 4 N–H and O–H groups in total. The van der Waals surface area contributed by atoms with Crippen molar-refractivity contribution in [3.8, 4) is 5.75 Å². The van der Waals surface area contributed by atoms with Gasteiger partial charge in [0.15, 0.2) is 11.6 Å². The highest BCUT2D eigenvalue weighted by Gasteiger charge is 2.12. The van der Waals surface area contributed by atoms with E-state index in [2.05, 4.69) is 0 Å². The first-order chi connectivity index (χ1) is 6.50. The van der Waals surface area contributed by atoms with Gasteiger partial charge in [0, 0.05) is 6.04 Å². The van der Waals surface area contributed by atoms with Gasteiger partial charge in [0.05, 0.1) is 6.42 Å². The van der Waals surface area contributed by atoms with Crippen LogP contribution in [-0.4, -0.2) is 16.2 Å². The molecule has 1 aromatic rings. The van der Waals surface area contributed by atoms with Crippen LogP contribution in [0.15, 0.2) is 18.2 Å². The summed E-state index contributed by atoms with van der Waals surface area (Å²) in [5.41, 5.74) is 5.84. The van der Waals surface area contributed by atoms with Crippen molar-refractivity contribution in [2.75, 3.05) is 0 Å². The number of nitrogens with two attached hydrogens (primary N) is 1. The van der Waals surface area contributed by atoms with E-state index >= 15 is 0 Å². The average molecular weight is 199 g/mol. The number of hydrogen-bond acceptors (Lipinski definition) is 3. The zero-order valence-corrected chi connectivity index (χ0v) is 7.27. The molecule has 0 radical (unpaired) electrons. The second kappa shape index (κ2) is 4.06. The lowest BCUT2D eigenvalue weighted by molar-refractivity contribution is -0.137. The Bertz CT molecular complexity index is 354. The number of aliphatic carboxylic acids is 1. The topological polar surface area (TPSA) is 83.6 Å². The molecule has 5 heteroatoms. The van der Waals surface area contributed by atoms with Crippen molar-refractivity contribution in [2.24, 2.45) is 5.73 Å². The molecule has 0 unspecified atom stereocenters. The molecule has 0 amide bonds. The highest BCUT2D eigenvalue weighted by atomic mass is 19.1. The summed E-state index contributed by atoms with van der Waals surface area (Å²) in [5, 5.41) is 17.3. The van der Waals surface area contributed by atoms with E-state index in [1.807, 2.05) is 0 Å². The molecule has 0 saturated carbocycles. The fraction of sp³-hybridized carbons (Fsp3) is 0.222. The number of benzene rings is 1. The van der Waals surface area contributed by atoms with E-state index < -0.39 is 23.6 Å². The maximum atomic E-state index is 12.8. The molecule has 14 heavy (non-hydrogen) atoms. The van der Waals surface area contributed by atoms with Gasteiger partial charge >= 0.3 is 5.97 Å². The van der Waals surface area contributed by atoms with Crippen molar-refractivity contribution >= 4 is 5.97 Å². The van der Waals surface area contributed by atoms with Gasteiger partial charge in [0.25, 0.3) is 0 Å². The number of carboxylic acids is 1. The molecule has 0 aliphatic heterocycles. The highest BCUT2D eigenvalue weighted by molar-refractivity contribution is 5.67. The van der Waals surface area contributed by atoms with Gasteiger partial charge in [-0.1, -0.05) is 6.07 Å². The number of phenols is 1. The molecule has 0 heterocycles. The summed E-state index contributed by atoms with van der Waals surface area (Å²) in [6.07, 6.45) is -0.274. The minimum absolute atomic E-state index is 0.274. The quantitative estimate of drug-likeness (QED) is 0.678. The Balaban J connectivity index is 2.85. The van der Waals surface area contributed by atoms with Crippen LogP contribution in [-0.2, 0) is 4.79 Å². The van der Waals surface area contributed by atoms with Crippen molar-refractivity contribution in [3.05, 3.63) is 29.6 Å². The Morgan fingerprint density at radius 2 is 2.21 bits per heavy atom. The van der Waals surface area contributed by atoms with E-state index in [0.717, 1.165) is 12.1 Å². The summed E-state index contributed by atoms with van der Waals surface area (Å²) in [4.78, 5) is 10.3. The van der Waals surface area contributed by atoms with Crippen molar-refractivity contribution in [3.63, 3.8) is 0 Å². The van der Waals surface area contributed by atoms with Crippen LogP contribution in [0, 0.1) is 5.82 Å². The van der Waals surface area contributed by atoms with Gasteiger partial charge in [-0.05, 0) is 17.7 Å². The van der Waals surface area contributed by atoms with Crippen LogP contribution in [0.4, 0.5) is 4.39 Å². The zero-order valence-electron chi connectivity index (χ0n) is 7.27. The van der Waals surface area contributed by atoms with Crippen LogP contribution in [0.2, 0.25) is 0 Å². The second-order valence-electron chi connectivity index (χ2n) is 2.92. The number of carbonyl (C=O) groups is 1. The van der Waals surface area contributed by atoms with Gasteiger partial charge < -0.3 is 15.9 Å². The van der Waals surface area contributed by atoms with Gasteiger partial charge in [-0.15, -0.1) is 0 Å². The fourth-order valence-electron chi connectivity index (χ4n) is 1.06. The Morgan fingerprint density at radius 1 is 1.57 bits per heavy atom. The normalized spacial score (nSPS) is 12.4. The first kappa shape index (κ1) is 10.5. The minimum Gasteiger partial charge on any atom is -0.505 e. The molecule has 4 nitrogen and oxygen atoms in total. The van der Waals surface area contributed by atoms with E-state index in [0.29, 0.717) is 5.56 Å². The zero-order chi connectivity index (χ0) is 10.7. The number of rotatable bonds is 3. The monoisotopic (exact) mass is 199 g/mol. The molecule has 0 aliphatic rings. The Hall–Kier alpha value is -1.62. The number of hydrogen-bond donors (Lipinski definition) is 3. The summed E-state index contributed by atoms with van der Waals surface area (Å²) in [6.45, 7) is 0. The van der Waals surface area contributed by atoms with Gasteiger partial charge in [0.1, 0.15) is 0 Å². The lowest BCUT2D eigenvalue weighted by Crippen LogP contribution is -2.15. The van der Waals surface area contributed by atoms with Crippen molar-refractivity contribution in [1.29, 1.82) is 0 Å². The maximum Gasteiger partial charge on any atom is 0.305 e. The highest BCUT2D eigenvalue weighted by Crippen LogP contribution is 2.21. The Morgan fingerprint density at radius 3 is 2.71 bits per heavy atom. The Labute approximate surface area is 79.8 Å². The van der Waals surface area contributed by atoms with E-state index in [9.17, 15) is 9.18 Å². The number of phenolic OH excluding ortho intramolecular Hbond substituents is 1. The number of aromatic hydroxyl groups is 1. The van der Waals surface area contributed by atoms with E-state index in [1.165, 1.54) is 6.07 Å².